The van der Waals surface area contributed by atoms with E-state index in [0.717, 1.165) is 25.2 Å². The number of hydrogen-bond acceptors (Lipinski definition) is 4. The van der Waals surface area contributed by atoms with Gasteiger partial charge >= 0.3 is 6.03 Å². The Balaban J connectivity index is 1.72. The first kappa shape index (κ1) is 13.9. The number of amides is 2. The van der Waals surface area contributed by atoms with Gasteiger partial charge in [0.15, 0.2) is 5.82 Å². The Morgan fingerprint density at radius 2 is 2.32 bits per heavy atom. The van der Waals surface area contributed by atoms with Crippen LogP contribution in [-0.4, -0.2) is 29.9 Å². The largest absolute Gasteiger partial charge is 0.378 e. The van der Waals surface area contributed by atoms with E-state index in [0.29, 0.717) is 5.82 Å². The van der Waals surface area contributed by atoms with E-state index in [1.807, 2.05) is 20.8 Å². The minimum atomic E-state index is -0.247. The highest BCUT2D eigenvalue weighted by Gasteiger charge is 2.30. The Morgan fingerprint density at radius 1 is 1.58 bits per heavy atom. The number of nitrogens with zero attached hydrogens (tertiary/aromatic N) is 1. The number of rotatable bonds is 5. The van der Waals surface area contributed by atoms with Crippen molar-refractivity contribution in [3.63, 3.8) is 0 Å². The molecule has 0 bridgehead atoms. The Hall–Kier alpha value is -1.56. The van der Waals surface area contributed by atoms with E-state index in [2.05, 4.69) is 15.8 Å². The third-order valence-corrected chi connectivity index (χ3v) is 3.17. The van der Waals surface area contributed by atoms with Crippen LogP contribution in [0.2, 0.25) is 0 Å². The van der Waals surface area contributed by atoms with Gasteiger partial charge in [-0.05, 0) is 19.8 Å². The summed E-state index contributed by atoms with van der Waals surface area (Å²) in [6, 6.07) is 1.69. The summed E-state index contributed by atoms with van der Waals surface area (Å²) in [4.78, 5) is 11.7. The Bertz CT molecular complexity index is 425. The molecule has 1 aliphatic rings. The van der Waals surface area contributed by atoms with E-state index in [1.165, 1.54) is 0 Å². The smallest absolute Gasteiger partial charge is 0.320 e. The molecule has 19 heavy (non-hydrogen) atoms. The van der Waals surface area contributed by atoms with Gasteiger partial charge in [0.1, 0.15) is 5.76 Å². The van der Waals surface area contributed by atoms with Crippen molar-refractivity contribution in [2.45, 2.75) is 51.7 Å². The van der Waals surface area contributed by atoms with Crippen molar-refractivity contribution in [1.82, 2.24) is 10.5 Å². The third kappa shape index (κ3) is 3.70. The number of urea groups is 1. The lowest BCUT2D eigenvalue weighted by atomic mass is 9.89. The van der Waals surface area contributed by atoms with Crippen molar-refractivity contribution in [2.24, 2.45) is 0 Å². The van der Waals surface area contributed by atoms with Crippen LogP contribution >= 0.6 is 0 Å². The summed E-state index contributed by atoms with van der Waals surface area (Å²) in [5.74, 6) is 1.46. The average Bonchev–Trinajstić information content (AvgIpc) is 2.75. The van der Waals surface area contributed by atoms with Crippen LogP contribution in [0.4, 0.5) is 10.6 Å². The minimum Gasteiger partial charge on any atom is -0.378 e. The molecule has 2 amide bonds. The molecule has 1 fully saturated rings. The monoisotopic (exact) mass is 267 g/mol. The molecule has 0 atom stereocenters. The van der Waals surface area contributed by atoms with Crippen LogP contribution in [0.25, 0.3) is 0 Å². The van der Waals surface area contributed by atoms with Gasteiger partial charge in [-0.15, -0.1) is 0 Å². The van der Waals surface area contributed by atoms with E-state index >= 15 is 0 Å². The summed E-state index contributed by atoms with van der Waals surface area (Å²) in [5.41, 5.74) is 0. The number of nitrogens with one attached hydrogen (secondary N) is 2. The van der Waals surface area contributed by atoms with Gasteiger partial charge in [-0.3, -0.25) is 5.32 Å². The number of ether oxygens (including phenoxy) is 1. The van der Waals surface area contributed by atoms with Crippen LogP contribution in [-0.2, 0) is 4.74 Å². The summed E-state index contributed by atoms with van der Waals surface area (Å²) in [6.07, 6.45) is 2.03. The maximum absolute atomic E-state index is 11.7. The van der Waals surface area contributed by atoms with Crippen molar-refractivity contribution in [1.29, 1.82) is 0 Å². The lowest BCUT2D eigenvalue weighted by molar-refractivity contribution is -0.00673. The molecule has 0 radical (unpaired) electrons. The average molecular weight is 267 g/mol. The molecule has 0 aromatic carbocycles. The molecule has 1 heterocycles. The van der Waals surface area contributed by atoms with Gasteiger partial charge in [0, 0.05) is 24.6 Å². The maximum atomic E-state index is 11.7. The highest BCUT2D eigenvalue weighted by Crippen LogP contribution is 2.23. The highest BCUT2D eigenvalue weighted by molar-refractivity contribution is 5.88. The highest BCUT2D eigenvalue weighted by atomic mass is 16.5. The Morgan fingerprint density at radius 3 is 2.89 bits per heavy atom. The zero-order valence-electron chi connectivity index (χ0n) is 11.6. The SMILES string of the molecule is CCOC1CC(NC(=O)Nc2cc(C(C)C)on2)C1. The molecule has 0 unspecified atom stereocenters. The second-order valence-electron chi connectivity index (χ2n) is 5.11. The maximum Gasteiger partial charge on any atom is 0.320 e. The summed E-state index contributed by atoms with van der Waals surface area (Å²) in [6.45, 7) is 6.71. The van der Waals surface area contributed by atoms with Crippen LogP contribution in [0, 0.1) is 0 Å². The van der Waals surface area contributed by atoms with Crippen LogP contribution in [0.15, 0.2) is 10.6 Å². The zero-order valence-corrected chi connectivity index (χ0v) is 11.6. The molecule has 1 aromatic rings. The van der Waals surface area contributed by atoms with Gasteiger partial charge in [0.25, 0.3) is 0 Å². The van der Waals surface area contributed by atoms with E-state index in [4.69, 9.17) is 9.26 Å². The summed E-state index contributed by atoms with van der Waals surface area (Å²) < 4.78 is 10.5. The molecule has 2 rings (SSSR count). The van der Waals surface area contributed by atoms with Crippen molar-refractivity contribution >= 4 is 11.8 Å². The molecule has 0 spiro atoms. The van der Waals surface area contributed by atoms with Crippen molar-refractivity contribution in [2.75, 3.05) is 11.9 Å². The molecule has 0 aliphatic heterocycles. The van der Waals surface area contributed by atoms with Crippen LogP contribution in [0.3, 0.4) is 0 Å². The standard InChI is InChI=1S/C13H21N3O3/c1-4-18-10-5-9(6-10)14-13(17)15-12-7-11(8(2)3)19-16-12/h7-10H,4-6H2,1-3H3,(H2,14,15,16,17). The lowest BCUT2D eigenvalue weighted by Gasteiger charge is -2.35. The van der Waals surface area contributed by atoms with E-state index in [-0.39, 0.29) is 24.1 Å². The van der Waals surface area contributed by atoms with Gasteiger partial charge in [0.05, 0.1) is 6.10 Å². The second kappa shape index (κ2) is 6.06. The number of carbonyl (C=O) groups excluding carboxylic acids is 1. The zero-order chi connectivity index (χ0) is 13.8. The van der Waals surface area contributed by atoms with E-state index < -0.39 is 0 Å². The molecule has 2 N–H and O–H groups in total. The summed E-state index contributed by atoms with van der Waals surface area (Å²) in [5, 5.41) is 9.35. The molecular weight excluding hydrogens is 246 g/mol. The van der Waals surface area contributed by atoms with Gasteiger partial charge in [-0.25, -0.2) is 4.79 Å². The first-order chi connectivity index (χ1) is 9.08. The fourth-order valence-corrected chi connectivity index (χ4v) is 2.01. The number of hydrogen-bond donors (Lipinski definition) is 2. The molecule has 6 nitrogen and oxygen atoms in total. The predicted octanol–water partition coefficient (Wildman–Crippen LogP) is 2.49. The molecule has 1 aliphatic carbocycles. The van der Waals surface area contributed by atoms with Gasteiger partial charge < -0.3 is 14.6 Å². The fourth-order valence-electron chi connectivity index (χ4n) is 2.01. The van der Waals surface area contributed by atoms with Crippen molar-refractivity contribution < 1.29 is 14.1 Å². The quantitative estimate of drug-likeness (QED) is 0.859. The molecule has 1 saturated carbocycles. The van der Waals surface area contributed by atoms with Gasteiger partial charge in [-0.1, -0.05) is 19.0 Å². The summed E-state index contributed by atoms with van der Waals surface area (Å²) in [7, 11) is 0. The van der Waals surface area contributed by atoms with Crippen LogP contribution < -0.4 is 10.6 Å². The number of carbonyl (C=O) groups is 1. The first-order valence-electron chi connectivity index (χ1n) is 6.74. The normalized spacial score (nSPS) is 22.1. The minimum absolute atomic E-state index is 0.188. The molecule has 6 heteroatoms. The Labute approximate surface area is 112 Å². The molecular formula is C13H21N3O3. The first-order valence-corrected chi connectivity index (χ1v) is 6.74. The topological polar surface area (TPSA) is 76.4 Å². The van der Waals surface area contributed by atoms with E-state index in [9.17, 15) is 4.79 Å². The number of anilines is 1. The summed E-state index contributed by atoms with van der Waals surface area (Å²) >= 11 is 0. The molecule has 106 valence electrons. The van der Waals surface area contributed by atoms with E-state index in [1.54, 1.807) is 6.07 Å². The fraction of sp³-hybridized carbons (Fsp3) is 0.692. The lowest BCUT2D eigenvalue weighted by Crippen LogP contribution is -2.49. The van der Waals surface area contributed by atoms with Gasteiger partial charge in [-0.2, -0.15) is 0 Å². The van der Waals surface area contributed by atoms with Crippen LogP contribution in [0.1, 0.15) is 45.3 Å². The molecule has 0 saturated heterocycles. The number of aromatic nitrogens is 1. The predicted molar refractivity (Wildman–Crippen MR) is 71.2 cm³/mol. The Kier molecular flexibility index (Phi) is 4.42. The van der Waals surface area contributed by atoms with Gasteiger partial charge in [0.2, 0.25) is 0 Å². The molecule has 1 aromatic heterocycles. The second-order valence-corrected chi connectivity index (χ2v) is 5.11. The third-order valence-electron chi connectivity index (χ3n) is 3.17. The van der Waals surface area contributed by atoms with Crippen molar-refractivity contribution in [3.05, 3.63) is 11.8 Å². The van der Waals surface area contributed by atoms with Crippen LogP contribution in [0.5, 0.6) is 0 Å². The van der Waals surface area contributed by atoms with Crippen molar-refractivity contribution in [3.8, 4) is 0 Å².